The predicted molar refractivity (Wildman–Crippen MR) is 59.7 cm³/mol. The zero-order valence-electron chi connectivity index (χ0n) is 10.0. The number of nitrogens with zero attached hydrogens (tertiary/aromatic N) is 2. The Hall–Kier alpha value is -1.32. The van der Waals surface area contributed by atoms with Crippen molar-refractivity contribution in [3.8, 4) is 0 Å². The molecule has 0 fully saturated rings. The van der Waals surface area contributed by atoms with Gasteiger partial charge < -0.3 is 5.32 Å². The summed E-state index contributed by atoms with van der Waals surface area (Å²) >= 11 is 0. The second-order valence-corrected chi connectivity index (χ2v) is 4.48. The van der Waals surface area contributed by atoms with E-state index in [1.54, 1.807) is 11.7 Å². The molecule has 1 amide bonds. The van der Waals surface area contributed by atoms with Crippen molar-refractivity contribution >= 4 is 5.91 Å². The van der Waals surface area contributed by atoms with Gasteiger partial charge in [0.1, 0.15) is 5.54 Å². The fourth-order valence-electron chi connectivity index (χ4n) is 1.37. The Balaban J connectivity index is 3.00. The van der Waals surface area contributed by atoms with Crippen LogP contribution in [-0.2, 0) is 10.3 Å². The van der Waals surface area contributed by atoms with Crippen LogP contribution in [0.2, 0.25) is 0 Å². The van der Waals surface area contributed by atoms with E-state index in [-0.39, 0.29) is 5.91 Å². The maximum Gasteiger partial charge on any atom is 0.247 e. The van der Waals surface area contributed by atoms with Crippen LogP contribution in [0.3, 0.4) is 0 Å². The lowest BCUT2D eigenvalue weighted by Crippen LogP contribution is -2.43. The van der Waals surface area contributed by atoms with E-state index >= 15 is 0 Å². The molecule has 4 nitrogen and oxygen atoms in total. The van der Waals surface area contributed by atoms with Gasteiger partial charge in [0.15, 0.2) is 0 Å². The SMILES string of the molecule is CNC(=O)C(C)(C)n1ccc(C(C)C)n1. The van der Waals surface area contributed by atoms with Gasteiger partial charge in [0.25, 0.3) is 0 Å². The Kier molecular flexibility index (Phi) is 3.17. The Labute approximate surface area is 90.7 Å². The average molecular weight is 209 g/mol. The molecule has 0 aliphatic heterocycles. The van der Waals surface area contributed by atoms with E-state index in [1.165, 1.54) is 0 Å². The molecule has 0 saturated carbocycles. The van der Waals surface area contributed by atoms with Gasteiger partial charge in [0.05, 0.1) is 5.69 Å². The van der Waals surface area contributed by atoms with Gasteiger partial charge in [-0.2, -0.15) is 5.10 Å². The molecule has 1 heterocycles. The van der Waals surface area contributed by atoms with Crippen molar-refractivity contribution < 1.29 is 4.79 Å². The van der Waals surface area contributed by atoms with Crippen LogP contribution in [0.15, 0.2) is 12.3 Å². The summed E-state index contributed by atoms with van der Waals surface area (Å²) in [6.45, 7) is 7.87. The van der Waals surface area contributed by atoms with E-state index in [2.05, 4.69) is 24.3 Å². The molecule has 0 aliphatic rings. The first-order valence-electron chi connectivity index (χ1n) is 5.17. The molecular formula is C11H19N3O. The summed E-state index contributed by atoms with van der Waals surface area (Å²) in [5.41, 5.74) is 0.369. The maximum absolute atomic E-state index is 11.6. The molecule has 0 aromatic carbocycles. The van der Waals surface area contributed by atoms with Gasteiger partial charge in [-0.05, 0) is 25.8 Å². The number of likely N-dealkylation sites (N-methyl/N-ethyl adjacent to an activating group) is 1. The van der Waals surface area contributed by atoms with E-state index in [4.69, 9.17) is 0 Å². The highest BCUT2D eigenvalue weighted by atomic mass is 16.2. The molecule has 1 aromatic rings. The first kappa shape index (κ1) is 11.8. The minimum Gasteiger partial charge on any atom is -0.357 e. The van der Waals surface area contributed by atoms with Gasteiger partial charge in [-0.3, -0.25) is 9.48 Å². The van der Waals surface area contributed by atoms with Crippen molar-refractivity contribution in [2.75, 3.05) is 7.05 Å². The largest absolute Gasteiger partial charge is 0.357 e. The summed E-state index contributed by atoms with van der Waals surface area (Å²) in [6, 6.07) is 1.95. The van der Waals surface area contributed by atoms with Crippen LogP contribution in [0.5, 0.6) is 0 Å². The quantitative estimate of drug-likeness (QED) is 0.819. The zero-order chi connectivity index (χ0) is 11.6. The van der Waals surface area contributed by atoms with Crippen molar-refractivity contribution in [3.05, 3.63) is 18.0 Å². The van der Waals surface area contributed by atoms with Crippen LogP contribution in [0, 0.1) is 0 Å². The number of rotatable bonds is 3. The zero-order valence-corrected chi connectivity index (χ0v) is 10.0. The van der Waals surface area contributed by atoms with E-state index in [0.717, 1.165) is 5.69 Å². The molecule has 0 radical (unpaired) electrons. The third-order valence-electron chi connectivity index (χ3n) is 2.56. The number of aromatic nitrogens is 2. The number of hydrogen-bond donors (Lipinski definition) is 1. The second kappa shape index (κ2) is 4.04. The molecule has 0 atom stereocenters. The summed E-state index contributed by atoms with van der Waals surface area (Å²) in [4.78, 5) is 11.6. The second-order valence-electron chi connectivity index (χ2n) is 4.48. The fourth-order valence-corrected chi connectivity index (χ4v) is 1.37. The summed E-state index contributed by atoms with van der Waals surface area (Å²) in [6.07, 6.45) is 1.85. The molecule has 4 heteroatoms. The Morgan fingerprint density at radius 2 is 2.13 bits per heavy atom. The molecular weight excluding hydrogens is 190 g/mol. The molecule has 15 heavy (non-hydrogen) atoms. The number of hydrogen-bond acceptors (Lipinski definition) is 2. The van der Waals surface area contributed by atoms with E-state index in [9.17, 15) is 4.79 Å². The Morgan fingerprint density at radius 3 is 2.53 bits per heavy atom. The van der Waals surface area contributed by atoms with Crippen LogP contribution in [0.1, 0.15) is 39.3 Å². The smallest absolute Gasteiger partial charge is 0.247 e. The number of carbonyl (C=O) groups is 1. The molecule has 0 aliphatic carbocycles. The first-order chi connectivity index (χ1) is 6.89. The minimum atomic E-state index is -0.637. The average Bonchev–Trinajstić information content (AvgIpc) is 2.65. The molecule has 0 spiro atoms. The highest BCUT2D eigenvalue weighted by molar-refractivity contribution is 5.83. The standard InChI is InChI=1S/C11H19N3O/c1-8(2)9-6-7-14(13-9)11(3,4)10(15)12-5/h6-8H,1-5H3,(H,12,15). The predicted octanol–water partition coefficient (Wildman–Crippen LogP) is 1.49. The molecule has 0 unspecified atom stereocenters. The van der Waals surface area contributed by atoms with Crippen molar-refractivity contribution in [2.24, 2.45) is 0 Å². The van der Waals surface area contributed by atoms with Crippen LogP contribution in [-0.4, -0.2) is 22.7 Å². The third kappa shape index (κ3) is 2.19. The minimum absolute atomic E-state index is 0.0408. The molecule has 84 valence electrons. The Morgan fingerprint density at radius 1 is 1.53 bits per heavy atom. The Bertz CT molecular complexity index is 352. The van der Waals surface area contributed by atoms with Gasteiger partial charge in [0.2, 0.25) is 5.91 Å². The lowest BCUT2D eigenvalue weighted by atomic mass is 10.1. The van der Waals surface area contributed by atoms with Gasteiger partial charge in [-0.15, -0.1) is 0 Å². The lowest BCUT2D eigenvalue weighted by Gasteiger charge is -2.23. The summed E-state index contributed by atoms with van der Waals surface area (Å²) < 4.78 is 1.71. The van der Waals surface area contributed by atoms with E-state index < -0.39 is 5.54 Å². The van der Waals surface area contributed by atoms with Gasteiger partial charge in [0, 0.05) is 13.2 Å². The fraction of sp³-hybridized carbons (Fsp3) is 0.636. The molecule has 1 rings (SSSR count). The normalized spacial score (nSPS) is 11.9. The maximum atomic E-state index is 11.6. The van der Waals surface area contributed by atoms with Crippen molar-refractivity contribution in [2.45, 2.75) is 39.2 Å². The van der Waals surface area contributed by atoms with Crippen molar-refractivity contribution in [3.63, 3.8) is 0 Å². The third-order valence-corrected chi connectivity index (χ3v) is 2.56. The number of carbonyl (C=O) groups excluding carboxylic acids is 1. The van der Waals surface area contributed by atoms with Gasteiger partial charge in [-0.1, -0.05) is 13.8 Å². The summed E-state index contributed by atoms with van der Waals surface area (Å²) in [7, 11) is 1.64. The molecule has 0 saturated heterocycles. The van der Waals surface area contributed by atoms with Crippen molar-refractivity contribution in [1.29, 1.82) is 0 Å². The van der Waals surface area contributed by atoms with Crippen LogP contribution in [0.25, 0.3) is 0 Å². The highest BCUT2D eigenvalue weighted by Gasteiger charge is 2.29. The first-order valence-corrected chi connectivity index (χ1v) is 5.17. The molecule has 0 bridgehead atoms. The van der Waals surface area contributed by atoms with E-state index in [1.807, 2.05) is 26.1 Å². The van der Waals surface area contributed by atoms with Crippen LogP contribution >= 0.6 is 0 Å². The van der Waals surface area contributed by atoms with Gasteiger partial charge in [-0.25, -0.2) is 0 Å². The van der Waals surface area contributed by atoms with E-state index in [0.29, 0.717) is 5.92 Å². The highest BCUT2D eigenvalue weighted by Crippen LogP contribution is 2.17. The van der Waals surface area contributed by atoms with Crippen LogP contribution in [0.4, 0.5) is 0 Å². The number of nitrogens with one attached hydrogen (secondary N) is 1. The lowest BCUT2D eigenvalue weighted by molar-refractivity contribution is -0.128. The molecule has 1 aromatic heterocycles. The van der Waals surface area contributed by atoms with Crippen molar-refractivity contribution in [1.82, 2.24) is 15.1 Å². The summed E-state index contributed by atoms with van der Waals surface area (Å²) in [5, 5.41) is 7.05. The monoisotopic (exact) mass is 209 g/mol. The van der Waals surface area contributed by atoms with Gasteiger partial charge >= 0.3 is 0 Å². The van der Waals surface area contributed by atoms with Crippen LogP contribution < -0.4 is 5.32 Å². The number of amides is 1. The summed E-state index contributed by atoms with van der Waals surface area (Å²) in [5.74, 6) is 0.340. The molecule has 1 N–H and O–H groups in total. The topological polar surface area (TPSA) is 46.9 Å².